The van der Waals surface area contributed by atoms with E-state index in [-0.39, 0.29) is 24.0 Å². The molecule has 31 heavy (non-hydrogen) atoms. The van der Waals surface area contributed by atoms with Crippen LogP contribution in [0.3, 0.4) is 0 Å². The molecule has 1 saturated heterocycles. The Labute approximate surface area is 208 Å². The fourth-order valence-corrected chi connectivity index (χ4v) is 4.16. The first-order chi connectivity index (χ1) is 14.6. The molecular formula is C23H35IN6S. The molecule has 0 spiro atoms. The van der Waals surface area contributed by atoms with E-state index in [4.69, 9.17) is 4.99 Å². The number of thioether (sulfide) groups is 1. The molecule has 2 N–H and O–H groups in total. The predicted molar refractivity (Wildman–Crippen MR) is 144 cm³/mol. The fraction of sp³-hybridized carbons (Fsp3) is 0.478. The highest BCUT2D eigenvalue weighted by molar-refractivity contribution is 14.0. The molecule has 0 radical (unpaired) electrons. The Balaban J connectivity index is 0.00000341. The lowest BCUT2D eigenvalue weighted by Crippen LogP contribution is -2.44. The monoisotopic (exact) mass is 554 g/mol. The van der Waals surface area contributed by atoms with Gasteiger partial charge in [-0.1, -0.05) is 12.1 Å². The molecule has 6 nitrogen and oxygen atoms in total. The average molecular weight is 555 g/mol. The van der Waals surface area contributed by atoms with E-state index in [9.17, 15) is 0 Å². The Bertz CT molecular complexity index is 852. The van der Waals surface area contributed by atoms with Crippen molar-refractivity contribution >= 4 is 47.5 Å². The quantitative estimate of drug-likeness (QED) is 0.236. The number of nitrogens with one attached hydrogen (secondary N) is 2. The first kappa shape index (κ1) is 25.7. The van der Waals surface area contributed by atoms with Gasteiger partial charge in [-0.25, -0.2) is 9.98 Å². The number of hydrogen-bond donors (Lipinski definition) is 2. The van der Waals surface area contributed by atoms with Gasteiger partial charge in [0.1, 0.15) is 5.82 Å². The smallest absolute Gasteiger partial charge is 0.191 e. The average Bonchev–Trinajstić information content (AvgIpc) is 2.77. The SMILES string of the molecule is CCNC(=NCc1ccnc(N2CCN(C)CC2)c1)NCc1ccc(C)cc1SC.I. The minimum absolute atomic E-state index is 0. The van der Waals surface area contributed by atoms with Crippen LogP contribution < -0.4 is 15.5 Å². The predicted octanol–water partition coefficient (Wildman–Crippen LogP) is 3.74. The van der Waals surface area contributed by atoms with Crippen LogP contribution in [0, 0.1) is 6.92 Å². The number of aryl methyl sites for hydroxylation is 1. The molecule has 0 bridgehead atoms. The third-order valence-corrected chi connectivity index (χ3v) is 6.11. The van der Waals surface area contributed by atoms with Crippen molar-refractivity contribution in [2.24, 2.45) is 4.99 Å². The number of halogens is 1. The molecule has 1 aromatic heterocycles. The molecular weight excluding hydrogens is 519 g/mol. The maximum atomic E-state index is 4.80. The molecule has 170 valence electrons. The maximum absolute atomic E-state index is 4.80. The third-order valence-electron chi connectivity index (χ3n) is 5.29. The summed E-state index contributed by atoms with van der Waals surface area (Å²) in [7, 11) is 2.17. The van der Waals surface area contributed by atoms with E-state index in [1.54, 1.807) is 11.8 Å². The number of likely N-dealkylation sites (N-methyl/N-ethyl adjacent to an activating group) is 1. The highest BCUT2D eigenvalue weighted by Gasteiger charge is 2.15. The van der Waals surface area contributed by atoms with Gasteiger partial charge in [0.05, 0.1) is 6.54 Å². The van der Waals surface area contributed by atoms with Crippen molar-refractivity contribution in [3.05, 3.63) is 53.2 Å². The van der Waals surface area contributed by atoms with Gasteiger partial charge in [0.2, 0.25) is 0 Å². The van der Waals surface area contributed by atoms with Gasteiger partial charge in [0, 0.05) is 50.4 Å². The summed E-state index contributed by atoms with van der Waals surface area (Å²) in [5.41, 5.74) is 3.76. The van der Waals surface area contributed by atoms with Gasteiger partial charge in [-0.15, -0.1) is 35.7 Å². The Morgan fingerprint density at radius 1 is 1.13 bits per heavy atom. The second kappa shape index (κ2) is 13.1. The second-order valence-corrected chi connectivity index (χ2v) is 8.52. The van der Waals surface area contributed by atoms with Crippen molar-refractivity contribution in [3.63, 3.8) is 0 Å². The fourth-order valence-electron chi connectivity index (χ4n) is 3.46. The first-order valence-electron chi connectivity index (χ1n) is 10.6. The molecule has 1 aliphatic rings. The van der Waals surface area contributed by atoms with Gasteiger partial charge in [-0.3, -0.25) is 0 Å². The van der Waals surface area contributed by atoms with Crippen molar-refractivity contribution in [3.8, 4) is 0 Å². The molecule has 0 amide bonds. The number of aliphatic imine (C=N–C) groups is 1. The van der Waals surface area contributed by atoms with Crippen LogP contribution in [0.25, 0.3) is 0 Å². The van der Waals surface area contributed by atoms with Crippen molar-refractivity contribution in [1.82, 2.24) is 20.5 Å². The van der Waals surface area contributed by atoms with Gasteiger partial charge >= 0.3 is 0 Å². The van der Waals surface area contributed by atoms with Gasteiger partial charge in [-0.2, -0.15) is 0 Å². The van der Waals surface area contributed by atoms with Crippen LogP contribution in [0.1, 0.15) is 23.6 Å². The molecule has 2 heterocycles. The normalized spacial score (nSPS) is 14.8. The molecule has 1 fully saturated rings. The number of rotatable bonds is 7. The van der Waals surface area contributed by atoms with Crippen LogP contribution in [0.5, 0.6) is 0 Å². The van der Waals surface area contributed by atoms with E-state index >= 15 is 0 Å². The largest absolute Gasteiger partial charge is 0.357 e. The van der Waals surface area contributed by atoms with Crippen LogP contribution in [0.4, 0.5) is 5.82 Å². The van der Waals surface area contributed by atoms with Gasteiger partial charge in [0.15, 0.2) is 5.96 Å². The van der Waals surface area contributed by atoms with E-state index in [0.717, 1.165) is 51.0 Å². The lowest BCUT2D eigenvalue weighted by atomic mass is 10.1. The summed E-state index contributed by atoms with van der Waals surface area (Å²) in [4.78, 5) is 15.4. The van der Waals surface area contributed by atoms with Gasteiger partial charge < -0.3 is 20.4 Å². The van der Waals surface area contributed by atoms with E-state index in [1.165, 1.54) is 21.6 Å². The third kappa shape index (κ3) is 7.84. The maximum Gasteiger partial charge on any atom is 0.191 e. The van der Waals surface area contributed by atoms with E-state index < -0.39 is 0 Å². The zero-order valence-electron chi connectivity index (χ0n) is 19.0. The van der Waals surface area contributed by atoms with E-state index in [1.807, 2.05) is 6.20 Å². The van der Waals surface area contributed by atoms with Crippen molar-refractivity contribution in [1.29, 1.82) is 0 Å². The molecule has 0 unspecified atom stereocenters. The summed E-state index contributed by atoms with van der Waals surface area (Å²) in [6.45, 7) is 10.6. The second-order valence-electron chi connectivity index (χ2n) is 7.68. The summed E-state index contributed by atoms with van der Waals surface area (Å²) in [5.74, 6) is 1.89. The highest BCUT2D eigenvalue weighted by atomic mass is 127. The van der Waals surface area contributed by atoms with Crippen molar-refractivity contribution in [2.75, 3.05) is 50.9 Å². The summed E-state index contributed by atoms with van der Waals surface area (Å²) < 4.78 is 0. The Morgan fingerprint density at radius 2 is 1.90 bits per heavy atom. The number of piperazine rings is 1. The lowest BCUT2D eigenvalue weighted by molar-refractivity contribution is 0.312. The number of nitrogens with zero attached hydrogens (tertiary/aromatic N) is 4. The Kier molecular flexibility index (Phi) is 10.9. The summed E-state index contributed by atoms with van der Waals surface area (Å²) in [6, 6.07) is 10.8. The molecule has 0 saturated carbocycles. The molecule has 8 heteroatoms. The van der Waals surface area contributed by atoms with Crippen molar-refractivity contribution in [2.45, 2.75) is 31.8 Å². The van der Waals surface area contributed by atoms with Crippen LogP contribution in [-0.2, 0) is 13.1 Å². The molecule has 0 atom stereocenters. The molecule has 2 aromatic rings. The van der Waals surface area contributed by atoms with Crippen molar-refractivity contribution < 1.29 is 0 Å². The zero-order chi connectivity index (χ0) is 21.3. The zero-order valence-corrected chi connectivity index (χ0v) is 22.2. The van der Waals surface area contributed by atoms with Gasteiger partial charge in [0.25, 0.3) is 0 Å². The number of guanidine groups is 1. The Morgan fingerprint density at radius 3 is 2.61 bits per heavy atom. The summed E-state index contributed by atoms with van der Waals surface area (Å²) in [6.07, 6.45) is 4.02. The molecule has 0 aliphatic carbocycles. The minimum atomic E-state index is 0. The Hall–Kier alpha value is -1.52. The van der Waals surface area contributed by atoms with E-state index in [2.05, 4.69) is 82.9 Å². The van der Waals surface area contributed by atoms with Crippen LogP contribution >= 0.6 is 35.7 Å². The number of benzene rings is 1. The molecule has 1 aliphatic heterocycles. The highest BCUT2D eigenvalue weighted by Crippen LogP contribution is 2.21. The molecule has 1 aromatic carbocycles. The standard InChI is InChI=1S/C23H34N6S.HI/c1-5-24-23(27-17-20-7-6-18(2)14-21(20)30-4)26-16-19-8-9-25-22(15-19)29-12-10-28(3)11-13-29;/h6-9,14-15H,5,10-13,16-17H2,1-4H3,(H2,24,26,27);1H. The number of aromatic nitrogens is 1. The van der Waals surface area contributed by atoms with Crippen LogP contribution in [0.15, 0.2) is 46.4 Å². The lowest BCUT2D eigenvalue weighted by Gasteiger charge is -2.33. The summed E-state index contributed by atoms with van der Waals surface area (Å²) >= 11 is 1.79. The number of pyridine rings is 1. The molecule has 3 rings (SSSR count). The minimum Gasteiger partial charge on any atom is -0.357 e. The first-order valence-corrected chi connectivity index (χ1v) is 11.9. The van der Waals surface area contributed by atoms with Crippen LogP contribution in [-0.4, -0.2) is 61.9 Å². The van der Waals surface area contributed by atoms with E-state index in [0.29, 0.717) is 6.54 Å². The summed E-state index contributed by atoms with van der Waals surface area (Å²) in [5, 5.41) is 6.83. The number of hydrogen-bond acceptors (Lipinski definition) is 5. The van der Waals surface area contributed by atoms with Gasteiger partial charge in [-0.05, 0) is 62.0 Å². The topological polar surface area (TPSA) is 55.8 Å². The number of anilines is 1. The van der Waals surface area contributed by atoms with Crippen LogP contribution in [0.2, 0.25) is 0 Å².